The summed E-state index contributed by atoms with van der Waals surface area (Å²) in [6.45, 7) is 3.00. The summed E-state index contributed by atoms with van der Waals surface area (Å²) in [5.41, 5.74) is 1.17. The van der Waals surface area contributed by atoms with Gasteiger partial charge in [-0.2, -0.15) is 0 Å². The molecule has 100 valence electrons. The second-order valence-electron chi connectivity index (χ2n) is 4.72. The summed E-state index contributed by atoms with van der Waals surface area (Å²) in [5, 5.41) is 4.41. The van der Waals surface area contributed by atoms with Crippen LogP contribution in [0.3, 0.4) is 0 Å². The highest BCUT2D eigenvalue weighted by Gasteiger charge is 2.15. The zero-order valence-electron chi connectivity index (χ0n) is 10.9. The second kappa shape index (κ2) is 4.97. The molecule has 2 aromatic heterocycles. The molecular weight excluding hydrogens is 244 g/mol. The first-order valence-electron chi connectivity index (χ1n) is 6.42. The number of esters is 1. The zero-order chi connectivity index (χ0) is 13.2. The van der Waals surface area contributed by atoms with Crippen molar-refractivity contribution in [3.63, 3.8) is 0 Å². The third-order valence-corrected chi connectivity index (χ3v) is 3.37. The van der Waals surface area contributed by atoms with Gasteiger partial charge in [0.25, 0.3) is 0 Å². The molecule has 1 aliphatic rings. The predicted octanol–water partition coefficient (Wildman–Crippen LogP) is 1.11. The highest BCUT2D eigenvalue weighted by Crippen LogP contribution is 2.12. The Morgan fingerprint density at radius 3 is 2.95 bits per heavy atom. The Hall–Kier alpha value is -1.95. The molecule has 0 unspecified atom stereocenters. The van der Waals surface area contributed by atoms with Crippen LogP contribution in [0.15, 0.2) is 18.3 Å². The SMILES string of the molecule is COC(=O)c1ccn2nc(CN3CCCC3)nc2c1. The van der Waals surface area contributed by atoms with Gasteiger partial charge in [0.05, 0.1) is 19.2 Å². The number of hydrogen-bond donors (Lipinski definition) is 0. The van der Waals surface area contributed by atoms with Crippen LogP contribution in [0, 0.1) is 0 Å². The maximum atomic E-state index is 11.5. The maximum absolute atomic E-state index is 11.5. The second-order valence-corrected chi connectivity index (χ2v) is 4.72. The molecule has 0 amide bonds. The quantitative estimate of drug-likeness (QED) is 0.774. The van der Waals surface area contributed by atoms with Gasteiger partial charge >= 0.3 is 5.97 Å². The lowest BCUT2D eigenvalue weighted by atomic mass is 10.3. The Morgan fingerprint density at radius 2 is 2.21 bits per heavy atom. The minimum Gasteiger partial charge on any atom is -0.465 e. The number of aromatic nitrogens is 3. The van der Waals surface area contributed by atoms with Gasteiger partial charge in [-0.25, -0.2) is 14.3 Å². The van der Waals surface area contributed by atoms with Crippen LogP contribution in [0.2, 0.25) is 0 Å². The van der Waals surface area contributed by atoms with Crippen molar-refractivity contribution >= 4 is 11.6 Å². The van der Waals surface area contributed by atoms with E-state index < -0.39 is 0 Å². The Bertz CT molecular complexity index is 602. The molecule has 6 heteroatoms. The van der Waals surface area contributed by atoms with Crippen molar-refractivity contribution in [1.29, 1.82) is 0 Å². The van der Waals surface area contributed by atoms with Crippen molar-refractivity contribution in [2.45, 2.75) is 19.4 Å². The average molecular weight is 260 g/mol. The molecule has 0 aliphatic carbocycles. The summed E-state index contributed by atoms with van der Waals surface area (Å²) < 4.78 is 6.39. The smallest absolute Gasteiger partial charge is 0.338 e. The first-order chi connectivity index (χ1) is 9.26. The number of pyridine rings is 1. The molecule has 3 heterocycles. The molecule has 6 nitrogen and oxygen atoms in total. The fourth-order valence-corrected chi connectivity index (χ4v) is 2.38. The van der Waals surface area contributed by atoms with E-state index in [0.717, 1.165) is 25.5 Å². The molecule has 19 heavy (non-hydrogen) atoms. The highest BCUT2D eigenvalue weighted by molar-refractivity contribution is 5.90. The average Bonchev–Trinajstić information content (AvgIpc) is 3.05. The van der Waals surface area contributed by atoms with Gasteiger partial charge in [-0.05, 0) is 38.1 Å². The number of carbonyl (C=O) groups excluding carboxylic acids is 1. The van der Waals surface area contributed by atoms with E-state index in [1.54, 1.807) is 22.8 Å². The third-order valence-electron chi connectivity index (χ3n) is 3.37. The summed E-state index contributed by atoms with van der Waals surface area (Å²) in [5.74, 6) is 0.440. The number of methoxy groups -OCH3 is 1. The van der Waals surface area contributed by atoms with Crippen LogP contribution in [0.5, 0.6) is 0 Å². The van der Waals surface area contributed by atoms with Crippen molar-refractivity contribution in [3.8, 4) is 0 Å². The minimum absolute atomic E-state index is 0.355. The van der Waals surface area contributed by atoms with E-state index >= 15 is 0 Å². The van der Waals surface area contributed by atoms with E-state index in [-0.39, 0.29) is 5.97 Å². The van der Waals surface area contributed by atoms with Gasteiger partial charge in [0.1, 0.15) is 0 Å². The molecule has 2 aromatic rings. The number of carbonyl (C=O) groups is 1. The lowest BCUT2D eigenvalue weighted by molar-refractivity contribution is 0.0600. The van der Waals surface area contributed by atoms with Crippen LogP contribution in [-0.2, 0) is 11.3 Å². The maximum Gasteiger partial charge on any atom is 0.338 e. The molecule has 0 atom stereocenters. The fraction of sp³-hybridized carbons (Fsp3) is 0.462. The summed E-state index contributed by atoms with van der Waals surface area (Å²) in [4.78, 5) is 18.3. The molecule has 1 fully saturated rings. The molecule has 0 aromatic carbocycles. The van der Waals surface area contributed by atoms with Gasteiger partial charge in [-0.1, -0.05) is 0 Å². The Balaban J connectivity index is 1.85. The summed E-state index contributed by atoms with van der Waals surface area (Å²) in [6, 6.07) is 3.39. The molecule has 0 N–H and O–H groups in total. The largest absolute Gasteiger partial charge is 0.465 e. The van der Waals surface area contributed by atoms with Crippen LogP contribution >= 0.6 is 0 Å². The number of nitrogens with zero attached hydrogens (tertiary/aromatic N) is 4. The lowest BCUT2D eigenvalue weighted by Crippen LogP contribution is -2.19. The van der Waals surface area contributed by atoms with Crippen LogP contribution in [0.1, 0.15) is 29.0 Å². The van der Waals surface area contributed by atoms with Crippen molar-refractivity contribution in [2.75, 3.05) is 20.2 Å². The van der Waals surface area contributed by atoms with Gasteiger partial charge < -0.3 is 4.74 Å². The molecule has 1 saturated heterocycles. The highest BCUT2D eigenvalue weighted by atomic mass is 16.5. The topological polar surface area (TPSA) is 59.7 Å². The van der Waals surface area contributed by atoms with E-state index in [4.69, 9.17) is 4.74 Å². The van der Waals surface area contributed by atoms with E-state index in [1.807, 2.05) is 0 Å². The van der Waals surface area contributed by atoms with Gasteiger partial charge in [0, 0.05) is 6.20 Å². The normalized spacial score (nSPS) is 16.1. The van der Waals surface area contributed by atoms with Crippen LogP contribution < -0.4 is 0 Å². The third kappa shape index (κ3) is 2.44. The number of ether oxygens (including phenoxy) is 1. The van der Waals surface area contributed by atoms with E-state index in [2.05, 4.69) is 15.0 Å². The van der Waals surface area contributed by atoms with Crippen molar-refractivity contribution < 1.29 is 9.53 Å². The van der Waals surface area contributed by atoms with Crippen molar-refractivity contribution in [1.82, 2.24) is 19.5 Å². The van der Waals surface area contributed by atoms with Gasteiger partial charge in [0.2, 0.25) is 0 Å². The molecule has 0 saturated carbocycles. The number of rotatable bonds is 3. The van der Waals surface area contributed by atoms with Gasteiger partial charge in [-0.15, -0.1) is 5.10 Å². The standard InChI is InChI=1S/C13H16N4O2/c1-19-13(18)10-4-7-17-12(8-10)14-11(15-17)9-16-5-2-3-6-16/h4,7-8H,2-3,5-6,9H2,1H3. The summed E-state index contributed by atoms with van der Waals surface area (Å²) in [7, 11) is 1.37. The van der Waals surface area contributed by atoms with Crippen LogP contribution in [0.25, 0.3) is 5.65 Å². The minimum atomic E-state index is -0.355. The first-order valence-corrected chi connectivity index (χ1v) is 6.42. The molecule has 0 spiro atoms. The van der Waals surface area contributed by atoms with E-state index in [1.165, 1.54) is 20.0 Å². The number of hydrogen-bond acceptors (Lipinski definition) is 5. The first kappa shape index (κ1) is 12.1. The molecular formula is C13H16N4O2. The Morgan fingerprint density at radius 1 is 1.42 bits per heavy atom. The van der Waals surface area contributed by atoms with Crippen LogP contribution in [-0.4, -0.2) is 45.7 Å². The molecule has 1 aliphatic heterocycles. The van der Waals surface area contributed by atoms with E-state index in [0.29, 0.717) is 11.2 Å². The lowest BCUT2D eigenvalue weighted by Gasteiger charge is -2.10. The van der Waals surface area contributed by atoms with Crippen LogP contribution in [0.4, 0.5) is 0 Å². The van der Waals surface area contributed by atoms with Gasteiger partial charge in [-0.3, -0.25) is 4.90 Å². The summed E-state index contributed by atoms with van der Waals surface area (Å²) in [6.07, 6.45) is 4.24. The molecule has 3 rings (SSSR count). The van der Waals surface area contributed by atoms with Crippen molar-refractivity contribution in [3.05, 3.63) is 29.7 Å². The monoisotopic (exact) mass is 260 g/mol. The zero-order valence-corrected chi connectivity index (χ0v) is 10.9. The Kier molecular flexibility index (Phi) is 3.16. The molecule has 0 radical (unpaired) electrons. The Labute approximate surface area is 111 Å². The fourth-order valence-electron chi connectivity index (χ4n) is 2.38. The summed E-state index contributed by atoms with van der Waals surface area (Å²) >= 11 is 0. The van der Waals surface area contributed by atoms with E-state index in [9.17, 15) is 4.79 Å². The molecule has 0 bridgehead atoms. The number of fused-ring (bicyclic) bond motifs is 1. The predicted molar refractivity (Wildman–Crippen MR) is 68.8 cm³/mol. The van der Waals surface area contributed by atoms with Crippen molar-refractivity contribution in [2.24, 2.45) is 0 Å². The number of likely N-dealkylation sites (tertiary alicyclic amines) is 1. The van der Waals surface area contributed by atoms with Gasteiger partial charge in [0.15, 0.2) is 11.5 Å².